The summed E-state index contributed by atoms with van der Waals surface area (Å²) >= 11 is 0. The number of hydrogen-bond donors (Lipinski definition) is 2. The van der Waals surface area contributed by atoms with Crippen molar-refractivity contribution < 1.29 is 14.7 Å². The lowest BCUT2D eigenvalue weighted by molar-refractivity contribution is -0.137. The van der Waals surface area contributed by atoms with Crippen molar-refractivity contribution in [1.82, 2.24) is 15.1 Å². The monoisotopic (exact) mass is 423 g/mol. The minimum absolute atomic E-state index is 0.0187. The van der Waals surface area contributed by atoms with Crippen LogP contribution in [-0.2, 0) is 15.0 Å². The first-order valence-electron chi connectivity index (χ1n) is 10.9. The first-order chi connectivity index (χ1) is 14.6. The number of amides is 1. The number of aryl methyl sites for hydroxylation is 1. The number of carboxylic acids is 1. The fourth-order valence-electron chi connectivity index (χ4n) is 4.24. The van der Waals surface area contributed by atoms with E-state index >= 15 is 0 Å². The first kappa shape index (κ1) is 22.8. The van der Waals surface area contributed by atoms with Crippen molar-refractivity contribution in [3.63, 3.8) is 0 Å². The van der Waals surface area contributed by atoms with Crippen molar-refractivity contribution in [2.45, 2.75) is 77.7 Å². The zero-order valence-electron chi connectivity index (χ0n) is 19.1. The number of aromatic nitrogens is 2. The fourth-order valence-corrected chi connectivity index (χ4v) is 4.24. The number of nitrogens with one attached hydrogen (secondary N) is 1. The molecule has 1 aromatic carbocycles. The van der Waals surface area contributed by atoms with Gasteiger partial charge >= 0.3 is 5.97 Å². The maximum absolute atomic E-state index is 12.1. The molecule has 0 bridgehead atoms. The van der Waals surface area contributed by atoms with Gasteiger partial charge in [-0.15, -0.1) is 0 Å². The summed E-state index contributed by atoms with van der Waals surface area (Å²) in [7, 11) is 0. The molecule has 6 heteroatoms. The van der Waals surface area contributed by atoms with E-state index < -0.39 is 5.97 Å². The normalized spacial score (nSPS) is 18.4. The minimum atomic E-state index is -0.871. The second-order valence-corrected chi connectivity index (χ2v) is 9.44. The van der Waals surface area contributed by atoms with Crippen LogP contribution in [0.25, 0.3) is 5.69 Å². The number of aliphatic carboxylic acids is 1. The molecule has 0 saturated heterocycles. The summed E-state index contributed by atoms with van der Waals surface area (Å²) in [5, 5.41) is 16.5. The van der Waals surface area contributed by atoms with Crippen LogP contribution in [0.2, 0.25) is 0 Å². The molecule has 0 spiro atoms. The van der Waals surface area contributed by atoms with Crippen LogP contribution in [0.4, 0.5) is 0 Å². The Hall–Kier alpha value is -2.89. The number of allylic oxidation sites excluding steroid dienone is 1. The molecule has 0 aliphatic heterocycles. The fraction of sp³-hybridized carbons (Fsp3) is 0.480. The maximum atomic E-state index is 12.1. The molecule has 0 fully saturated rings. The number of nitrogens with zero attached hydrogens (tertiary/aromatic N) is 2. The second-order valence-electron chi connectivity index (χ2n) is 9.44. The van der Waals surface area contributed by atoms with Gasteiger partial charge in [0.2, 0.25) is 5.91 Å². The lowest BCUT2D eigenvalue weighted by Crippen LogP contribution is -2.32. The molecule has 1 heterocycles. The minimum Gasteiger partial charge on any atom is -0.481 e. The van der Waals surface area contributed by atoms with E-state index in [0.717, 1.165) is 23.5 Å². The van der Waals surface area contributed by atoms with E-state index in [2.05, 4.69) is 63.4 Å². The van der Waals surface area contributed by atoms with Crippen LogP contribution in [0, 0.1) is 13.8 Å². The summed E-state index contributed by atoms with van der Waals surface area (Å²) in [5.41, 5.74) is 5.77. The molecular formula is C25H33N3O3. The molecule has 0 saturated carbocycles. The highest BCUT2D eigenvalue weighted by molar-refractivity contribution is 5.77. The van der Waals surface area contributed by atoms with E-state index in [9.17, 15) is 9.59 Å². The molecule has 1 aliphatic carbocycles. The van der Waals surface area contributed by atoms with Crippen molar-refractivity contribution in [3.05, 3.63) is 58.9 Å². The Balaban J connectivity index is 1.68. The topological polar surface area (TPSA) is 84.2 Å². The summed E-state index contributed by atoms with van der Waals surface area (Å²) in [6.45, 7) is 10.7. The third-order valence-corrected chi connectivity index (χ3v) is 5.92. The molecule has 2 aromatic rings. The second kappa shape index (κ2) is 9.08. The molecule has 1 aromatic heterocycles. The van der Waals surface area contributed by atoms with Crippen LogP contribution in [0.3, 0.4) is 0 Å². The molecule has 2 unspecified atom stereocenters. The average molecular weight is 424 g/mol. The number of benzene rings is 1. The Morgan fingerprint density at radius 3 is 2.42 bits per heavy atom. The lowest BCUT2D eigenvalue weighted by atomic mass is 9.87. The highest BCUT2D eigenvalue weighted by Gasteiger charge is 2.27. The Morgan fingerprint density at radius 1 is 1.13 bits per heavy atom. The van der Waals surface area contributed by atoms with Gasteiger partial charge in [-0.1, -0.05) is 45.1 Å². The molecule has 2 atom stereocenters. The molecule has 2 N–H and O–H groups in total. The average Bonchev–Trinajstić information content (AvgIpc) is 3.24. The van der Waals surface area contributed by atoms with Crippen LogP contribution in [0.1, 0.15) is 74.9 Å². The quantitative estimate of drug-likeness (QED) is 0.639. The Labute approximate surface area is 184 Å². The zero-order valence-corrected chi connectivity index (χ0v) is 19.1. The number of carbonyl (C=O) groups is 2. The van der Waals surface area contributed by atoms with E-state index in [4.69, 9.17) is 10.2 Å². The zero-order chi connectivity index (χ0) is 22.8. The van der Waals surface area contributed by atoms with E-state index in [0.29, 0.717) is 6.42 Å². The van der Waals surface area contributed by atoms with Crippen molar-refractivity contribution in [2.75, 3.05) is 0 Å². The van der Waals surface area contributed by atoms with Gasteiger partial charge in [-0.05, 0) is 49.8 Å². The standard InChI is InChI=1S/C25H33N3O3/c1-16-24(18-9-12-20(15-18)26-22(29)7-6-8-23(30)31)17(2)28(27-16)21-13-10-19(11-14-21)25(3,4)5/h9-14,18,20H,6-8,15H2,1-5H3,(H,26,29)(H,30,31). The van der Waals surface area contributed by atoms with E-state index in [1.54, 1.807) is 0 Å². The molecule has 1 amide bonds. The van der Waals surface area contributed by atoms with Gasteiger partial charge in [0.05, 0.1) is 11.4 Å². The summed E-state index contributed by atoms with van der Waals surface area (Å²) in [6, 6.07) is 8.53. The summed E-state index contributed by atoms with van der Waals surface area (Å²) in [5.74, 6) is -0.767. The predicted octanol–water partition coefficient (Wildman–Crippen LogP) is 4.57. The van der Waals surface area contributed by atoms with Crippen LogP contribution in [-0.4, -0.2) is 32.8 Å². The maximum Gasteiger partial charge on any atom is 0.303 e. The number of carboxylic acid groups (broad SMARTS) is 1. The highest BCUT2D eigenvalue weighted by Crippen LogP contribution is 2.34. The number of carbonyl (C=O) groups excluding carboxylic acids is 1. The van der Waals surface area contributed by atoms with Gasteiger partial charge in [0.15, 0.2) is 0 Å². The van der Waals surface area contributed by atoms with E-state index in [1.165, 1.54) is 11.1 Å². The predicted molar refractivity (Wildman–Crippen MR) is 122 cm³/mol. The van der Waals surface area contributed by atoms with Gasteiger partial charge < -0.3 is 10.4 Å². The molecule has 6 nitrogen and oxygen atoms in total. The van der Waals surface area contributed by atoms with Gasteiger partial charge in [-0.2, -0.15) is 5.10 Å². The Bertz CT molecular complexity index is 981. The van der Waals surface area contributed by atoms with Gasteiger partial charge in [0, 0.05) is 36.1 Å². The Kier molecular flexibility index (Phi) is 6.68. The van der Waals surface area contributed by atoms with Crippen LogP contribution in [0.15, 0.2) is 36.4 Å². The molecule has 166 valence electrons. The molecule has 3 rings (SSSR count). The lowest BCUT2D eigenvalue weighted by Gasteiger charge is -2.19. The molecule has 1 aliphatic rings. The summed E-state index contributed by atoms with van der Waals surface area (Å²) < 4.78 is 2.00. The van der Waals surface area contributed by atoms with Crippen LogP contribution >= 0.6 is 0 Å². The number of hydrogen-bond acceptors (Lipinski definition) is 3. The van der Waals surface area contributed by atoms with Gasteiger partial charge in [0.25, 0.3) is 0 Å². The third kappa shape index (κ3) is 5.43. The molecule has 31 heavy (non-hydrogen) atoms. The first-order valence-corrected chi connectivity index (χ1v) is 10.9. The Morgan fingerprint density at radius 2 is 1.81 bits per heavy atom. The van der Waals surface area contributed by atoms with Crippen molar-refractivity contribution >= 4 is 11.9 Å². The van der Waals surface area contributed by atoms with Crippen molar-refractivity contribution in [2.24, 2.45) is 0 Å². The van der Waals surface area contributed by atoms with Gasteiger partial charge in [-0.3, -0.25) is 9.59 Å². The van der Waals surface area contributed by atoms with Crippen LogP contribution in [0.5, 0.6) is 0 Å². The van der Waals surface area contributed by atoms with E-state index in [-0.39, 0.29) is 36.1 Å². The SMILES string of the molecule is Cc1nn(-c2ccc(C(C)(C)C)cc2)c(C)c1C1C=CC(NC(=O)CCCC(=O)O)C1. The smallest absolute Gasteiger partial charge is 0.303 e. The molecule has 0 radical (unpaired) electrons. The highest BCUT2D eigenvalue weighted by atomic mass is 16.4. The molecular weight excluding hydrogens is 390 g/mol. The largest absolute Gasteiger partial charge is 0.481 e. The number of rotatable bonds is 7. The van der Waals surface area contributed by atoms with Crippen molar-refractivity contribution in [3.8, 4) is 5.69 Å². The van der Waals surface area contributed by atoms with Crippen molar-refractivity contribution in [1.29, 1.82) is 0 Å². The van der Waals surface area contributed by atoms with E-state index in [1.807, 2.05) is 17.7 Å². The van der Waals surface area contributed by atoms with Crippen LogP contribution < -0.4 is 5.32 Å². The van der Waals surface area contributed by atoms with Gasteiger partial charge in [0.1, 0.15) is 0 Å². The van der Waals surface area contributed by atoms with Gasteiger partial charge in [-0.25, -0.2) is 4.68 Å². The summed E-state index contributed by atoms with van der Waals surface area (Å²) in [4.78, 5) is 22.7. The summed E-state index contributed by atoms with van der Waals surface area (Å²) in [6.07, 6.45) is 5.59. The third-order valence-electron chi connectivity index (χ3n) is 5.92.